The van der Waals surface area contributed by atoms with E-state index in [4.69, 9.17) is 0 Å². The van der Waals surface area contributed by atoms with Crippen LogP contribution in [0.3, 0.4) is 0 Å². The van der Waals surface area contributed by atoms with Crippen molar-refractivity contribution < 1.29 is 4.79 Å². The summed E-state index contributed by atoms with van der Waals surface area (Å²) in [6.07, 6.45) is 3.80. The Kier molecular flexibility index (Phi) is 2.84. The maximum absolute atomic E-state index is 11.2. The molecule has 0 radical (unpaired) electrons. The van der Waals surface area contributed by atoms with E-state index < -0.39 is 0 Å². The van der Waals surface area contributed by atoms with Crippen LogP contribution in [0.15, 0.2) is 15.9 Å². The van der Waals surface area contributed by atoms with Gasteiger partial charge in [0.15, 0.2) is 0 Å². The molecule has 0 aliphatic heterocycles. The van der Waals surface area contributed by atoms with E-state index in [-0.39, 0.29) is 0 Å². The van der Waals surface area contributed by atoms with Crippen LogP contribution in [-0.2, 0) is 4.79 Å². The minimum absolute atomic E-state index is 0.431. The van der Waals surface area contributed by atoms with Crippen LogP contribution < -0.4 is 0 Å². The van der Waals surface area contributed by atoms with Crippen LogP contribution in [0.4, 0.5) is 0 Å². The Labute approximate surface area is 90.3 Å². The van der Waals surface area contributed by atoms with Crippen LogP contribution in [-0.4, -0.2) is 5.78 Å². The summed E-state index contributed by atoms with van der Waals surface area (Å²) < 4.78 is 1.17. The van der Waals surface area contributed by atoms with E-state index in [9.17, 15) is 4.79 Å². The Balaban J connectivity index is 2.12. The Hall–Kier alpha value is -0.150. The number of Topliss-reactive ketones (excluding diaryl/α,β-unsaturated/α-hetero) is 1. The van der Waals surface area contributed by atoms with Crippen LogP contribution in [0.5, 0.6) is 0 Å². The van der Waals surface area contributed by atoms with Gasteiger partial charge in [-0.25, -0.2) is 0 Å². The molecule has 0 spiro atoms. The standard InChI is InChI=1S/C10H11BrOS/c11-10-5-4-9(13-10)7-2-1-3-8(12)6-7/h4-5,7H,1-3,6H2/t7-/m1/s1. The molecule has 13 heavy (non-hydrogen) atoms. The predicted octanol–water partition coefficient (Wildman–Crippen LogP) is 3.74. The van der Waals surface area contributed by atoms with Gasteiger partial charge >= 0.3 is 0 Å². The summed E-state index contributed by atoms with van der Waals surface area (Å²) in [5, 5.41) is 0. The highest BCUT2D eigenvalue weighted by Crippen LogP contribution is 2.36. The van der Waals surface area contributed by atoms with Crippen molar-refractivity contribution >= 4 is 33.0 Å². The smallest absolute Gasteiger partial charge is 0.133 e. The van der Waals surface area contributed by atoms with Gasteiger partial charge in [-0.05, 0) is 40.9 Å². The van der Waals surface area contributed by atoms with Gasteiger partial charge in [0.25, 0.3) is 0 Å². The van der Waals surface area contributed by atoms with Gasteiger partial charge in [-0.2, -0.15) is 0 Å². The van der Waals surface area contributed by atoms with Crippen molar-refractivity contribution in [2.24, 2.45) is 0 Å². The van der Waals surface area contributed by atoms with Crippen molar-refractivity contribution in [3.8, 4) is 0 Å². The summed E-state index contributed by atoms with van der Waals surface area (Å²) >= 11 is 5.21. The highest BCUT2D eigenvalue weighted by molar-refractivity contribution is 9.11. The maximum Gasteiger partial charge on any atom is 0.133 e. The van der Waals surface area contributed by atoms with Gasteiger partial charge in [-0.1, -0.05) is 0 Å². The molecule has 2 rings (SSSR count). The van der Waals surface area contributed by atoms with E-state index in [1.807, 2.05) is 0 Å². The minimum Gasteiger partial charge on any atom is -0.300 e. The van der Waals surface area contributed by atoms with Gasteiger partial charge in [0.05, 0.1) is 3.79 Å². The van der Waals surface area contributed by atoms with Gasteiger partial charge in [0.1, 0.15) is 5.78 Å². The highest BCUT2D eigenvalue weighted by atomic mass is 79.9. The Morgan fingerprint density at radius 1 is 1.46 bits per heavy atom. The van der Waals surface area contributed by atoms with Gasteiger partial charge < -0.3 is 0 Å². The molecule has 1 aliphatic carbocycles. The van der Waals surface area contributed by atoms with Gasteiger partial charge in [0.2, 0.25) is 0 Å². The van der Waals surface area contributed by atoms with E-state index in [0.717, 1.165) is 19.3 Å². The number of hydrogen-bond donors (Lipinski definition) is 0. The summed E-state index contributed by atoms with van der Waals surface area (Å²) in [5.41, 5.74) is 0. The third-order valence-electron chi connectivity index (χ3n) is 2.48. The second-order valence-corrected chi connectivity index (χ2v) is 5.97. The molecular formula is C10H11BrOS. The van der Waals surface area contributed by atoms with Crippen LogP contribution >= 0.6 is 27.3 Å². The number of hydrogen-bond acceptors (Lipinski definition) is 2. The summed E-state index contributed by atoms with van der Waals surface area (Å²) in [7, 11) is 0. The number of carbonyl (C=O) groups is 1. The van der Waals surface area contributed by atoms with Crippen molar-refractivity contribution in [1.29, 1.82) is 0 Å². The maximum atomic E-state index is 11.2. The fraction of sp³-hybridized carbons (Fsp3) is 0.500. The lowest BCUT2D eigenvalue weighted by Crippen LogP contribution is -2.12. The van der Waals surface area contributed by atoms with Crippen LogP contribution in [0.25, 0.3) is 0 Å². The Bertz CT molecular complexity index is 318. The molecule has 1 fully saturated rings. The fourth-order valence-electron chi connectivity index (χ4n) is 1.82. The monoisotopic (exact) mass is 258 g/mol. The van der Waals surface area contributed by atoms with Gasteiger partial charge in [-0.3, -0.25) is 4.79 Å². The predicted molar refractivity (Wildman–Crippen MR) is 58.2 cm³/mol. The molecule has 1 atom stereocenters. The third-order valence-corrected chi connectivity index (χ3v) is 4.26. The molecule has 0 aromatic carbocycles. The lowest BCUT2D eigenvalue weighted by Gasteiger charge is -2.18. The molecule has 0 saturated heterocycles. The molecule has 1 aromatic rings. The van der Waals surface area contributed by atoms with E-state index in [1.54, 1.807) is 11.3 Å². The minimum atomic E-state index is 0.431. The molecule has 1 nitrogen and oxygen atoms in total. The largest absolute Gasteiger partial charge is 0.300 e. The number of ketones is 1. The fourth-order valence-corrected chi connectivity index (χ4v) is 3.37. The van der Waals surface area contributed by atoms with Gasteiger partial charge in [-0.15, -0.1) is 11.3 Å². The van der Waals surface area contributed by atoms with Crippen molar-refractivity contribution in [2.75, 3.05) is 0 Å². The Morgan fingerprint density at radius 3 is 2.92 bits per heavy atom. The van der Waals surface area contributed by atoms with Gasteiger partial charge in [0, 0.05) is 23.6 Å². The van der Waals surface area contributed by atoms with E-state index >= 15 is 0 Å². The first-order valence-electron chi connectivity index (χ1n) is 4.52. The number of thiophene rings is 1. The molecule has 0 amide bonds. The first-order valence-corrected chi connectivity index (χ1v) is 6.13. The summed E-state index contributed by atoms with van der Waals surface area (Å²) in [4.78, 5) is 12.6. The van der Waals surface area contributed by atoms with Crippen molar-refractivity contribution in [3.63, 3.8) is 0 Å². The van der Waals surface area contributed by atoms with Crippen molar-refractivity contribution in [1.82, 2.24) is 0 Å². The van der Waals surface area contributed by atoms with E-state index in [1.165, 1.54) is 15.1 Å². The molecule has 0 unspecified atom stereocenters. The Morgan fingerprint density at radius 2 is 2.31 bits per heavy atom. The second kappa shape index (κ2) is 3.93. The lowest BCUT2D eigenvalue weighted by atomic mass is 9.87. The summed E-state index contributed by atoms with van der Waals surface area (Å²) in [6.45, 7) is 0. The normalized spacial score (nSPS) is 23.5. The molecule has 1 heterocycles. The van der Waals surface area contributed by atoms with E-state index in [2.05, 4.69) is 28.1 Å². The second-order valence-electron chi connectivity index (χ2n) is 3.47. The zero-order chi connectivity index (χ0) is 9.26. The van der Waals surface area contributed by atoms with Crippen molar-refractivity contribution in [2.45, 2.75) is 31.6 Å². The SMILES string of the molecule is O=C1CCC[C@@H](c2ccc(Br)s2)C1. The quantitative estimate of drug-likeness (QED) is 0.750. The zero-order valence-electron chi connectivity index (χ0n) is 7.25. The molecule has 0 N–H and O–H groups in total. The molecule has 70 valence electrons. The highest BCUT2D eigenvalue weighted by Gasteiger charge is 2.21. The number of carbonyl (C=O) groups excluding carboxylic acids is 1. The summed E-state index contributed by atoms with van der Waals surface area (Å²) in [6, 6.07) is 4.21. The van der Waals surface area contributed by atoms with E-state index in [0.29, 0.717) is 11.7 Å². The number of halogens is 1. The third kappa shape index (κ3) is 2.20. The lowest BCUT2D eigenvalue weighted by molar-refractivity contribution is -0.120. The first-order chi connectivity index (χ1) is 6.25. The molecule has 1 aromatic heterocycles. The topological polar surface area (TPSA) is 17.1 Å². The average Bonchev–Trinajstić information content (AvgIpc) is 2.52. The molecule has 1 saturated carbocycles. The summed E-state index contributed by atoms with van der Waals surface area (Å²) in [5.74, 6) is 0.929. The van der Waals surface area contributed by atoms with Crippen LogP contribution in [0.2, 0.25) is 0 Å². The first kappa shape index (κ1) is 9.41. The number of rotatable bonds is 1. The molecule has 3 heteroatoms. The average molecular weight is 259 g/mol. The van der Waals surface area contributed by atoms with Crippen molar-refractivity contribution in [3.05, 3.63) is 20.8 Å². The zero-order valence-corrected chi connectivity index (χ0v) is 9.66. The van der Waals surface area contributed by atoms with Crippen LogP contribution in [0.1, 0.15) is 36.5 Å². The van der Waals surface area contributed by atoms with Crippen LogP contribution in [0, 0.1) is 0 Å². The molecule has 1 aliphatic rings. The molecule has 0 bridgehead atoms. The molecular weight excluding hydrogens is 248 g/mol.